The Kier molecular flexibility index (Phi) is 31.7. The van der Waals surface area contributed by atoms with Crippen molar-refractivity contribution in [2.24, 2.45) is 0 Å². The van der Waals surface area contributed by atoms with Crippen LogP contribution in [0.3, 0.4) is 0 Å². The second-order valence-electron chi connectivity index (χ2n) is 0.329. The fraction of sp³-hybridized carbons (Fsp3) is 0. The van der Waals surface area contributed by atoms with Crippen LogP contribution in [0.2, 0.25) is 0 Å². The van der Waals surface area contributed by atoms with Crippen LogP contribution in [0.5, 0.6) is 0 Å². The third-order valence-corrected chi connectivity index (χ3v) is 0. The first-order valence-corrected chi connectivity index (χ1v) is 2.12. The van der Waals surface area contributed by atoms with Gasteiger partial charge in [-0.15, -0.1) is 0 Å². The molecule has 0 bridgehead atoms. The van der Waals surface area contributed by atoms with Crippen molar-refractivity contribution >= 4 is 17.5 Å². The van der Waals surface area contributed by atoms with Crippen LogP contribution in [0.1, 0.15) is 0 Å². The van der Waals surface area contributed by atoms with Crippen molar-refractivity contribution in [3.8, 4) is 0 Å². The van der Waals surface area contributed by atoms with Gasteiger partial charge in [-0.2, -0.15) is 0 Å². The third kappa shape index (κ3) is 231. The Labute approximate surface area is 46.8 Å². The van der Waals surface area contributed by atoms with Gasteiger partial charge in [0, 0.05) is 0 Å². The molecule has 0 aromatic carbocycles. The van der Waals surface area contributed by atoms with Crippen LogP contribution < -0.4 is 0 Å². The van der Waals surface area contributed by atoms with Gasteiger partial charge in [0.05, 0.1) is 0 Å². The maximum absolute atomic E-state index is 8.59. The monoisotopic (exact) mass is 144 g/mol. The Balaban J connectivity index is -0.0000000575. The van der Waals surface area contributed by atoms with Crippen molar-refractivity contribution in [3.05, 3.63) is 0 Å². The smallest absolute Gasteiger partial charge is 0.414 e. The van der Waals surface area contributed by atoms with Crippen LogP contribution in [-0.4, -0.2) is 30.0 Å². The van der Waals surface area contributed by atoms with Crippen LogP contribution >= 0.6 is 0 Å². The van der Waals surface area contributed by atoms with Gasteiger partial charge in [-0.25, -0.2) is 13.2 Å². The van der Waals surface area contributed by atoms with Gasteiger partial charge in [0.25, 0.3) is 11.0 Å². The summed E-state index contributed by atoms with van der Waals surface area (Å²) < 4.78 is 24.2. The molecule has 6 nitrogen and oxygen atoms in total. The molecule has 8 heavy (non-hydrogen) atoms. The van der Waals surface area contributed by atoms with E-state index in [1.807, 2.05) is 0 Å². The molecule has 0 spiro atoms. The summed E-state index contributed by atoms with van der Waals surface area (Å²) in [7, 11) is -3.12. The second kappa shape index (κ2) is 16.2. The fourth-order valence-electron chi connectivity index (χ4n) is 0. The van der Waals surface area contributed by atoms with Gasteiger partial charge < -0.3 is 5.11 Å². The van der Waals surface area contributed by atoms with Gasteiger partial charge in [-0.1, -0.05) is 0 Å². The van der Waals surface area contributed by atoms with E-state index in [1.165, 1.54) is 0 Å². The van der Waals surface area contributed by atoms with Gasteiger partial charge in [-0.05, 0) is 0 Å². The van der Waals surface area contributed by atoms with Crippen molar-refractivity contribution in [3.63, 3.8) is 0 Å². The minimum absolute atomic E-state index is 0. The highest BCUT2D eigenvalue weighted by atomic mass is 32.2. The van der Waals surface area contributed by atoms with Gasteiger partial charge in [0.1, 0.15) is 0 Å². The second-order valence-corrected chi connectivity index (χ2v) is 0.805. The maximum atomic E-state index is 8.59. The molecule has 0 amide bonds. The standard InChI is InChI=1S/CHO2.H2O3S.HO/c2-1-3;1-4(2)3;/h(H,2,3);4H,(H,1,2,3);1H. The van der Waals surface area contributed by atoms with Gasteiger partial charge in [0.15, 0.2) is 0 Å². The molecule has 0 aromatic heterocycles. The molecule has 0 unspecified atom stereocenters. The van der Waals surface area contributed by atoms with Crippen LogP contribution in [-0.2, 0) is 15.8 Å². The number of hydrogen-bond donors (Lipinski definition) is 4. The van der Waals surface area contributed by atoms with Gasteiger partial charge >= 0.3 is 6.47 Å². The summed E-state index contributed by atoms with van der Waals surface area (Å²) in [6, 6.07) is 0. The minimum Gasteiger partial charge on any atom is -0.473 e. The van der Waals surface area contributed by atoms with Crippen molar-refractivity contribution < 1.29 is 28.3 Å². The Bertz CT molecular complexity index is 84.7. The van der Waals surface area contributed by atoms with Crippen molar-refractivity contribution in [1.29, 1.82) is 0 Å². The Morgan fingerprint density at radius 2 is 1.38 bits per heavy atom. The first-order valence-electron chi connectivity index (χ1n) is 0.993. The fourth-order valence-corrected chi connectivity index (χ4v) is 0. The Hall–Kier alpha value is -0.660. The van der Waals surface area contributed by atoms with Crippen LogP contribution in [0.25, 0.3) is 0 Å². The Morgan fingerprint density at radius 3 is 1.38 bits per heavy atom. The molecule has 0 heterocycles. The average Bonchev–Trinajstić information content (AvgIpc) is 1.33. The lowest BCUT2D eigenvalue weighted by Crippen LogP contribution is -1.58. The van der Waals surface area contributed by atoms with Crippen molar-refractivity contribution in [2.75, 3.05) is 0 Å². The summed E-state index contributed by atoms with van der Waals surface area (Å²) in [5.41, 5.74) is 0. The molecule has 50 valence electrons. The zero-order chi connectivity index (χ0) is 6.28. The number of rotatable bonds is 0. The minimum atomic E-state index is -3.12. The zero-order valence-electron chi connectivity index (χ0n) is 3.51. The van der Waals surface area contributed by atoms with E-state index < -0.39 is 11.0 Å². The quantitative estimate of drug-likeness (QED) is 0.243. The molecule has 0 rings (SSSR count). The van der Waals surface area contributed by atoms with Crippen molar-refractivity contribution in [2.45, 2.75) is 0 Å². The molecule has 0 atom stereocenters. The molecular formula is CH4O6S. The van der Waals surface area contributed by atoms with E-state index in [4.69, 9.17) is 22.9 Å². The lowest BCUT2D eigenvalue weighted by molar-refractivity contribution is 0.437. The van der Waals surface area contributed by atoms with Crippen LogP contribution in [0.15, 0.2) is 0 Å². The number of hydrogen-bond acceptors (Lipinski definition) is 3. The highest BCUT2D eigenvalue weighted by molar-refractivity contribution is 7.66. The lowest BCUT2D eigenvalue weighted by Gasteiger charge is -1.43. The zero-order valence-corrected chi connectivity index (χ0v) is 4.41. The average molecular weight is 144 g/mol. The molecule has 0 saturated heterocycles. The summed E-state index contributed by atoms with van der Waals surface area (Å²) in [5, 5.41) is 6.76. The molecule has 7 heteroatoms. The largest absolute Gasteiger partial charge is 0.473 e. The van der Waals surface area contributed by atoms with Crippen LogP contribution in [0, 0.1) is 0 Å². The normalized spacial score (nSPS) is 5.75. The number of aliphatic hydroxyl groups excluding tert-OH is 1. The molecule has 0 saturated carbocycles. The molecular weight excluding hydrogens is 140 g/mol. The van der Waals surface area contributed by atoms with Gasteiger partial charge in [-0.3, -0.25) is 10.0 Å². The maximum Gasteiger partial charge on any atom is 0.414 e. The lowest BCUT2D eigenvalue weighted by atomic mass is 11.7. The topological polar surface area (TPSA) is 122 Å². The molecule has 0 aromatic rings. The van der Waals surface area contributed by atoms with E-state index >= 15 is 0 Å². The first-order chi connectivity index (χ1) is 3.15. The molecule has 0 aliphatic rings. The summed E-state index contributed by atoms with van der Waals surface area (Å²) in [6.45, 7) is 0.500. The molecule has 2 radical (unpaired) electrons. The van der Waals surface area contributed by atoms with E-state index in [1.54, 1.807) is 0 Å². The highest BCUT2D eigenvalue weighted by Crippen LogP contribution is 1.27. The molecule has 0 fully saturated rings. The van der Waals surface area contributed by atoms with Crippen LogP contribution in [0.4, 0.5) is 0 Å². The van der Waals surface area contributed by atoms with E-state index in [-0.39, 0.29) is 5.48 Å². The summed E-state index contributed by atoms with van der Waals surface area (Å²) in [5.74, 6) is 0. The molecule has 0 aliphatic heterocycles. The third-order valence-electron chi connectivity index (χ3n) is 0. The number of thiol groups is 1. The highest BCUT2D eigenvalue weighted by Gasteiger charge is 1.44. The van der Waals surface area contributed by atoms with E-state index in [9.17, 15) is 0 Å². The first kappa shape index (κ1) is 15.7. The van der Waals surface area contributed by atoms with E-state index in [0.717, 1.165) is 0 Å². The van der Waals surface area contributed by atoms with E-state index in [0.29, 0.717) is 6.47 Å². The predicted octanol–water partition coefficient (Wildman–Crippen LogP) is -1.49. The van der Waals surface area contributed by atoms with E-state index in [2.05, 4.69) is 0 Å². The Morgan fingerprint density at radius 1 is 1.38 bits per heavy atom. The summed E-state index contributed by atoms with van der Waals surface area (Å²) in [6.07, 6.45) is 0. The molecule has 0 aliphatic carbocycles. The summed E-state index contributed by atoms with van der Waals surface area (Å²) in [4.78, 5) is 8.24. The summed E-state index contributed by atoms with van der Waals surface area (Å²) >= 11 is 0. The molecule has 3 N–H and O–H groups in total. The van der Waals surface area contributed by atoms with Gasteiger partial charge in [0.2, 0.25) is 0 Å². The van der Waals surface area contributed by atoms with Crippen molar-refractivity contribution in [1.82, 2.24) is 0 Å². The predicted molar refractivity (Wildman–Crippen MR) is 23.2 cm³/mol. The SMILES string of the molecule is O=[C]O.O=[SH](=O)O.[OH].